The van der Waals surface area contributed by atoms with Crippen LogP contribution in [0.15, 0.2) is 0 Å². The number of ether oxygens (including phenoxy) is 2. The third-order valence-electron chi connectivity index (χ3n) is 1.91. The Kier molecular flexibility index (Phi) is 4.47. The first-order valence-corrected chi connectivity index (χ1v) is 4.48. The zero-order chi connectivity index (χ0) is 11.3. The number of aliphatic hydroxyl groups is 1. The number of hydrogen-bond acceptors (Lipinski definition) is 5. The summed E-state index contributed by atoms with van der Waals surface area (Å²) >= 11 is 0. The van der Waals surface area contributed by atoms with Crippen molar-refractivity contribution in [3.63, 3.8) is 0 Å². The molecule has 1 fully saturated rings. The van der Waals surface area contributed by atoms with Gasteiger partial charge in [0.15, 0.2) is 6.10 Å². The molecule has 3 N–H and O–H groups in total. The van der Waals surface area contributed by atoms with Crippen LogP contribution < -0.4 is 5.32 Å². The van der Waals surface area contributed by atoms with Gasteiger partial charge in [0, 0.05) is 0 Å². The van der Waals surface area contributed by atoms with E-state index in [0.29, 0.717) is 13.2 Å². The maximum absolute atomic E-state index is 11.4. The zero-order valence-corrected chi connectivity index (χ0v) is 8.01. The molecule has 0 saturated carbocycles. The first-order valence-electron chi connectivity index (χ1n) is 4.48. The molecule has 0 aliphatic carbocycles. The maximum Gasteiger partial charge on any atom is 0.328 e. The lowest BCUT2D eigenvalue weighted by atomic mass is 10.2. The van der Waals surface area contributed by atoms with E-state index in [-0.39, 0.29) is 6.61 Å². The number of carbonyl (C=O) groups excluding carboxylic acids is 1. The Hall–Kier alpha value is -1.18. The molecule has 0 aromatic carbocycles. The summed E-state index contributed by atoms with van der Waals surface area (Å²) in [5.41, 5.74) is 0. The van der Waals surface area contributed by atoms with Gasteiger partial charge in [0.2, 0.25) is 0 Å². The molecular weight excluding hydrogens is 206 g/mol. The van der Waals surface area contributed by atoms with Gasteiger partial charge in [-0.1, -0.05) is 0 Å². The Morgan fingerprint density at radius 2 is 2.20 bits per heavy atom. The first kappa shape index (κ1) is 11.9. The smallest absolute Gasteiger partial charge is 0.328 e. The van der Waals surface area contributed by atoms with Gasteiger partial charge in [-0.2, -0.15) is 0 Å². The fraction of sp³-hybridized carbons (Fsp3) is 0.750. The van der Waals surface area contributed by atoms with E-state index in [2.05, 4.69) is 5.32 Å². The summed E-state index contributed by atoms with van der Waals surface area (Å²) < 4.78 is 10.0. The highest BCUT2D eigenvalue weighted by molar-refractivity contribution is 5.86. The van der Waals surface area contributed by atoms with Gasteiger partial charge < -0.3 is 25.0 Å². The van der Waals surface area contributed by atoms with Crippen LogP contribution in [0.2, 0.25) is 0 Å². The summed E-state index contributed by atoms with van der Waals surface area (Å²) in [7, 11) is 0. The van der Waals surface area contributed by atoms with Crippen molar-refractivity contribution in [1.82, 2.24) is 5.32 Å². The Morgan fingerprint density at radius 3 is 2.67 bits per heavy atom. The molecule has 86 valence electrons. The Balaban J connectivity index is 2.42. The fourth-order valence-corrected chi connectivity index (χ4v) is 1.09. The quantitative estimate of drug-likeness (QED) is 0.503. The van der Waals surface area contributed by atoms with Crippen molar-refractivity contribution < 1.29 is 29.3 Å². The minimum absolute atomic E-state index is 0.101. The molecular formula is C8H13NO6. The van der Waals surface area contributed by atoms with Gasteiger partial charge in [-0.05, 0) is 0 Å². The van der Waals surface area contributed by atoms with Gasteiger partial charge in [0.1, 0.15) is 6.04 Å². The van der Waals surface area contributed by atoms with Crippen LogP contribution in [0.5, 0.6) is 0 Å². The number of carbonyl (C=O) groups is 2. The lowest BCUT2D eigenvalue weighted by molar-refractivity contribution is -0.153. The minimum Gasteiger partial charge on any atom is -0.480 e. The van der Waals surface area contributed by atoms with Crippen LogP contribution in [0.4, 0.5) is 0 Å². The molecule has 0 aromatic heterocycles. The molecule has 7 nitrogen and oxygen atoms in total. The molecule has 0 aromatic rings. The molecule has 2 unspecified atom stereocenters. The number of hydrogen-bond donors (Lipinski definition) is 3. The molecule has 2 atom stereocenters. The summed E-state index contributed by atoms with van der Waals surface area (Å²) in [4.78, 5) is 21.9. The summed E-state index contributed by atoms with van der Waals surface area (Å²) in [6, 6.07) is -1.30. The van der Waals surface area contributed by atoms with Crippen LogP contribution in [0.1, 0.15) is 0 Å². The minimum atomic E-state index is -1.30. The number of nitrogens with one attached hydrogen (secondary N) is 1. The lowest BCUT2D eigenvalue weighted by Gasteiger charge is -2.23. The highest BCUT2D eigenvalue weighted by Crippen LogP contribution is 2.01. The Morgan fingerprint density at radius 1 is 1.47 bits per heavy atom. The third-order valence-corrected chi connectivity index (χ3v) is 1.91. The zero-order valence-electron chi connectivity index (χ0n) is 8.01. The predicted octanol–water partition coefficient (Wildman–Crippen LogP) is -2.04. The molecule has 0 radical (unpaired) electrons. The SMILES string of the molecule is O=C(O)C(CO)NC(=O)C1COCCO1. The summed E-state index contributed by atoms with van der Waals surface area (Å²) in [5.74, 6) is -1.88. The second-order valence-electron chi connectivity index (χ2n) is 3.02. The molecule has 15 heavy (non-hydrogen) atoms. The molecule has 7 heteroatoms. The van der Waals surface area contributed by atoms with E-state index in [0.717, 1.165) is 0 Å². The van der Waals surface area contributed by atoms with E-state index >= 15 is 0 Å². The molecule has 1 rings (SSSR count). The second kappa shape index (κ2) is 5.64. The van der Waals surface area contributed by atoms with Crippen LogP contribution in [-0.4, -0.2) is 60.7 Å². The van der Waals surface area contributed by atoms with E-state index in [1.165, 1.54) is 0 Å². The summed E-state index contributed by atoms with van der Waals surface area (Å²) in [5, 5.41) is 19.4. The molecule has 1 aliphatic heterocycles. The molecule has 1 heterocycles. The number of aliphatic carboxylic acids is 1. The normalized spacial score (nSPS) is 23.1. The van der Waals surface area contributed by atoms with Gasteiger partial charge in [-0.25, -0.2) is 4.79 Å². The van der Waals surface area contributed by atoms with Gasteiger partial charge >= 0.3 is 5.97 Å². The molecule has 1 aliphatic rings. The van der Waals surface area contributed by atoms with E-state index < -0.39 is 30.6 Å². The number of aliphatic hydroxyl groups excluding tert-OH is 1. The van der Waals surface area contributed by atoms with Gasteiger partial charge in [0.05, 0.1) is 26.4 Å². The Labute approximate surface area is 86.0 Å². The largest absolute Gasteiger partial charge is 0.480 e. The number of carboxylic acid groups (broad SMARTS) is 1. The fourth-order valence-electron chi connectivity index (χ4n) is 1.09. The van der Waals surface area contributed by atoms with Crippen LogP contribution in [-0.2, 0) is 19.1 Å². The van der Waals surface area contributed by atoms with Crippen molar-refractivity contribution in [1.29, 1.82) is 0 Å². The van der Waals surface area contributed by atoms with Crippen LogP contribution in [0.3, 0.4) is 0 Å². The first-order chi connectivity index (χ1) is 7.15. The van der Waals surface area contributed by atoms with Gasteiger partial charge in [-0.15, -0.1) is 0 Å². The molecule has 1 amide bonds. The monoisotopic (exact) mass is 219 g/mol. The lowest BCUT2D eigenvalue weighted by Crippen LogP contribution is -2.50. The number of carboxylic acids is 1. The van der Waals surface area contributed by atoms with E-state index in [4.69, 9.17) is 19.7 Å². The molecule has 0 spiro atoms. The average molecular weight is 219 g/mol. The number of amides is 1. The third kappa shape index (κ3) is 3.46. The predicted molar refractivity (Wildman–Crippen MR) is 47.2 cm³/mol. The molecule has 0 bridgehead atoms. The summed E-state index contributed by atoms with van der Waals surface area (Å²) in [6.07, 6.45) is -0.799. The van der Waals surface area contributed by atoms with E-state index in [1.807, 2.05) is 0 Å². The van der Waals surface area contributed by atoms with Crippen molar-refractivity contribution in [2.24, 2.45) is 0 Å². The van der Waals surface area contributed by atoms with Crippen LogP contribution in [0.25, 0.3) is 0 Å². The van der Waals surface area contributed by atoms with Crippen molar-refractivity contribution in [2.75, 3.05) is 26.4 Å². The van der Waals surface area contributed by atoms with Crippen molar-refractivity contribution in [3.8, 4) is 0 Å². The second-order valence-corrected chi connectivity index (χ2v) is 3.02. The Bertz CT molecular complexity index is 237. The number of rotatable bonds is 4. The maximum atomic E-state index is 11.4. The van der Waals surface area contributed by atoms with Crippen molar-refractivity contribution in [2.45, 2.75) is 12.1 Å². The topological polar surface area (TPSA) is 105 Å². The standard InChI is InChI=1S/C8H13NO6/c10-3-5(8(12)13)9-7(11)6-4-14-1-2-15-6/h5-6,10H,1-4H2,(H,9,11)(H,12,13). The van der Waals surface area contributed by atoms with Gasteiger partial charge in [0.25, 0.3) is 5.91 Å². The van der Waals surface area contributed by atoms with Crippen molar-refractivity contribution in [3.05, 3.63) is 0 Å². The van der Waals surface area contributed by atoms with Crippen LogP contribution >= 0.6 is 0 Å². The summed E-state index contributed by atoms with van der Waals surface area (Å²) in [6.45, 7) is 0.166. The van der Waals surface area contributed by atoms with E-state index in [1.54, 1.807) is 0 Å². The molecule has 1 saturated heterocycles. The van der Waals surface area contributed by atoms with E-state index in [9.17, 15) is 9.59 Å². The van der Waals surface area contributed by atoms with Crippen LogP contribution in [0, 0.1) is 0 Å². The van der Waals surface area contributed by atoms with Crippen molar-refractivity contribution >= 4 is 11.9 Å². The van der Waals surface area contributed by atoms with Gasteiger partial charge in [-0.3, -0.25) is 4.79 Å². The highest BCUT2D eigenvalue weighted by atomic mass is 16.6. The highest BCUT2D eigenvalue weighted by Gasteiger charge is 2.27. The average Bonchev–Trinajstić information content (AvgIpc) is 2.26.